The van der Waals surface area contributed by atoms with Gasteiger partial charge in [0, 0.05) is 61.1 Å². The lowest BCUT2D eigenvalue weighted by atomic mass is 9.90. The van der Waals surface area contributed by atoms with Crippen LogP contribution in [0.15, 0.2) is 88.0 Å². The van der Waals surface area contributed by atoms with Gasteiger partial charge in [0.2, 0.25) is 5.75 Å². The summed E-state index contributed by atoms with van der Waals surface area (Å²) < 4.78 is 33.8. The van der Waals surface area contributed by atoms with Crippen molar-refractivity contribution < 1.29 is 43.2 Å². The molecule has 1 aromatic heterocycles. The number of piperazine rings is 1. The van der Waals surface area contributed by atoms with Crippen molar-refractivity contribution >= 4 is 17.4 Å². The van der Waals surface area contributed by atoms with E-state index in [9.17, 15) is 15.0 Å². The lowest BCUT2D eigenvalue weighted by molar-refractivity contribution is 0.107. The Morgan fingerprint density at radius 2 is 1.41 bits per heavy atom. The van der Waals surface area contributed by atoms with Gasteiger partial charge >= 0.3 is 6.09 Å². The fourth-order valence-electron chi connectivity index (χ4n) is 7.48. The molecule has 2 aliphatic heterocycles. The summed E-state index contributed by atoms with van der Waals surface area (Å²) >= 11 is 0. The van der Waals surface area contributed by atoms with Gasteiger partial charge in [-0.2, -0.15) is 0 Å². The number of aromatic nitrogens is 1. The van der Waals surface area contributed by atoms with Crippen LogP contribution in [0.4, 0.5) is 4.79 Å². The Morgan fingerprint density at radius 3 is 2.05 bits per heavy atom. The fraction of sp³-hybridized carbons (Fsp3) is 0.311. The molecule has 13 nitrogen and oxygen atoms in total. The third-order valence-electron chi connectivity index (χ3n) is 10.6. The number of carbonyl (C=O) groups excluding carboxylic acids is 1. The Bertz CT molecular complexity index is 2350. The van der Waals surface area contributed by atoms with Crippen molar-refractivity contribution in [3.8, 4) is 62.7 Å². The van der Waals surface area contributed by atoms with Crippen LogP contribution in [0.5, 0.6) is 40.2 Å². The predicted molar refractivity (Wildman–Crippen MR) is 221 cm³/mol. The second-order valence-electron chi connectivity index (χ2n) is 14.6. The molecule has 1 fully saturated rings. The van der Waals surface area contributed by atoms with Crippen molar-refractivity contribution in [1.82, 2.24) is 15.0 Å². The summed E-state index contributed by atoms with van der Waals surface area (Å²) in [5.74, 6) is 2.71. The van der Waals surface area contributed by atoms with Crippen LogP contribution >= 0.6 is 0 Å². The maximum atomic E-state index is 13.5. The Morgan fingerprint density at radius 1 is 0.759 bits per heavy atom. The highest BCUT2D eigenvalue weighted by molar-refractivity contribution is 6.34. The number of benzene rings is 4. The van der Waals surface area contributed by atoms with Crippen LogP contribution in [0.25, 0.3) is 28.0 Å². The lowest BCUT2D eigenvalue weighted by Gasteiger charge is -2.34. The molecular formula is C45H48N4O9. The number of carbonyl (C=O) groups is 1. The van der Waals surface area contributed by atoms with Gasteiger partial charge in [0.15, 0.2) is 28.8 Å². The van der Waals surface area contributed by atoms with Gasteiger partial charge in [-0.3, -0.25) is 9.89 Å². The fourth-order valence-corrected chi connectivity index (χ4v) is 7.48. The van der Waals surface area contributed by atoms with Crippen LogP contribution in [0.1, 0.15) is 48.9 Å². The molecule has 0 atom stereocenters. The van der Waals surface area contributed by atoms with Gasteiger partial charge in [0.1, 0.15) is 11.5 Å². The van der Waals surface area contributed by atoms with Crippen LogP contribution in [0.3, 0.4) is 0 Å². The summed E-state index contributed by atoms with van der Waals surface area (Å²) in [6.07, 6.45) is 1.13. The van der Waals surface area contributed by atoms with Crippen LogP contribution < -0.4 is 23.7 Å². The first kappa shape index (κ1) is 39.8. The monoisotopic (exact) mass is 788 g/mol. The molecule has 0 aliphatic carbocycles. The van der Waals surface area contributed by atoms with Crippen LogP contribution in [-0.4, -0.2) is 98.1 Å². The van der Waals surface area contributed by atoms with Crippen molar-refractivity contribution in [2.45, 2.75) is 33.2 Å². The van der Waals surface area contributed by atoms with E-state index in [-0.39, 0.29) is 23.2 Å². The Balaban J connectivity index is 0.996. The highest BCUT2D eigenvalue weighted by Gasteiger charge is 2.27. The molecule has 0 unspecified atom stereocenters. The van der Waals surface area contributed by atoms with Gasteiger partial charge in [0.05, 0.1) is 46.9 Å². The number of hydrogen-bond acceptors (Lipinski definition) is 12. The number of aromatic hydroxyl groups is 2. The van der Waals surface area contributed by atoms with E-state index < -0.39 is 6.09 Å². The zero-order valence-electron chi connectivity index (χ0n) is 33.8. The average Bonchev–Trinajstić information content (AvgIpc) is 3.88. The van der Waals surface area contributed by atoms with E-state index in [0.717, 1.165) is 40.1 Å². The van der Waals surface area contributed by atoms with E-state index in [1.54, 1.807) is 56.7 Å². The molecule has 1 saturated heterocycles. The number of ether oxygens (including phenoxy) is 5. The molecule has 58 heavy (non-hydrogen) atoms. The molecule has 13 heteroatoms. The maximum Gasteiger partial charge on any atom is 0.415 e. The molecular weight excluding hydrogens is 741 g/mol. The van der Waals surface area contributed by atoms with Gasteiger partial charge in [0.25, 0.3) is 0 Å². The molecule has 302 valence electrons. The predicted octanol–water partition coefficient (Wildman–Crippen LogP) is 8.17. The number of aliphatic imine (C=N–C) groups is 1. The number of rotatable bonds is 12. The molecule has 0 bridgehead atoms. The number of phenolic OH excluding ortho intramolecular Hbond substituents is 2. The number of allylic oxidation sites excluding steroid dienone is 1. The first-order valence-electron chi connectivity index (χ1n) is 19.1. The van der Waals surface area contributed by atoms with Gasteiger partial charge in [-0.25, -0.2) is 4.79 Å². The number of nitrogens with zero attached hydrogens (tertiary/aromatic N) is 4. The summed E-state index contributed by atoms with van der Waals surface area (Å²) in [6, 6.07) is 20.6. The largest absolute Gasteiger partial charge is 0.508 e. The van der Waals surface area contributed by atoms with E-state index in [1.807, 2.05) is 26.0 Å². The SMILES string of the molecule is COc1ccc(-c2cnoc2-c2cc(OC)c(OC)c(OC)c2)cc1OC(=O)N1CCN(Cc2ccc(C3=C(C)CN=C3c3cc(C(C)C)c(O)cc3O)cc2)CC1. The zero-order chi connectivity index (χ0) is 41.1. The Labute approximate surface area is 337 Å². The molecule has 2 aliphatic rings. The third-order valence-corrected chi connectivity index (χ3v) is 10.6. The molecule has 1 amide bonds. The quantitative estimate of drug-likeness (QED) is 0.126. The first-order valence-corrected chi connectivity index (χ1v) is 19.1. The Kier molecular flexibility index (Phi) is 11.6. The van der Waals surface area contributed by atoms with Gasteiger partial charge in [-0.15, -0.1) is 0 Å². The van der Waals surface area contributed by atoms with Gasteiger partial charge in [-0.05, 0) is 71.0 Å². The van der Waals surface area contributed by atoms with Crippen molar-refractivity contribution in [3.63, 3.8) is 0 Å². The smallest absolute Gasteiger partial charge is 0.415 e. The van der Waals surface area contributed by atoms with Crippen molar-refractivity contribution in [2.24, 2.45) is 4.99 Å². The zero-order valence-corrected chi connectivity index (χ0v) is 33.8. The van der Waals surface area contributed by atoms with E-state index in [4.69, 9.17) is 33.2 Å². The van der Waals surface area contributed by atoms with E-state index in [0.29, 0.717) is 83.7 Å². The van der Waals surface area contributed by atoms with E-state index in [1.165, 1.54) is 13.2 Å². The number of amides is 1. The molecule has 7 rings (SSSR count). The van der Waals surface area contributed by atoms with Crippen molar-refractivity contribution in [2.75, 3.05) is 61.2 Å². The molecule has 5 aromatic rings. The molecule has 3 heterocycles. The summed E-state index contributed by atoms with van der Waals surface area (Å²) in [5.41, 5.74) is 8.42. The average molecular weight is 789 g/mol. The van der Waals surface area contributed by atoms with Gasteiger partial charge in [-0.1, -0.05) is 49.3 Å². The highest BCUT2D eigenvalue weighted by Crippen LogP contribution is 2.44. The number of hydrogen-bond donors (Lipinski definition) is 2. The second kappa shape index (κ2) is 16.9. The molecule has 0 spiro atoms. The first-order chi connectivity index (χ1) is 28.0. The summed E-state index contributed by atoms with van der Waals surface area (Å²) in [7, 11) is 6.16. The van der Waals surface area contributed by atoms with Crippen molar-refractivity contribution in [3.05, 3.63) is 101 Å². The minimum atomic E-state index is -0.465. The molecule has 0 radical (unpaired) electrons. The van der Waals surface area contributed by atoms with E-state index >= 15 is 0 Å². The maximum absolute atomic E-state index is 13.5. The second-order valence-corrected chi connectivity index (χ2v) is 14.6. The standard InChI is InChI=1S/C45H48N4O9/c1-26(2)32-21-33(36(51)22-35(32)50)42-41(27(3)23-46-42)29-10-8-28(9-11-29)25-48-14-16-49(17-15-48)45(52)57-38-18-30(12-13-37(38)53-4)34-24-47-58-43(34)31-19-39(54-5)44(56-7)40(20-31)55-6/h8-13,18-22,24,26,50-51H,14-17,23,25H2,1-7H3. The Hall–Kier alpha value is -6.47. The van der Waals surface area contributed by atoms with Gasteiger partial charge < -0.3 is 43.3 Å². The summed E-state index contributed by atoms with van der Waals surface area (Å²) in [5, 5.41) is 25.3. The van der Waals surface area contributed by atoms with Crippen LogP contribution in [0, 0.1) is 0 Å². The summed E-state index contributed by atoms with van der Waals surface area (Å²) in [6.45, 7) is 9.69. The van der Waals surface area contributed by atoms with Crippen LogP contribution in [0.2, 0.25) is 0 Å². The normalized spacial score (nSPS) is 14.5. The molecule has 2 N–H and O–H groups in total. The van der Waals surface area contributed by atoms with Crippen molar-refractivity contribution in [1.29, 1.82) is 0 Å². The number of phenols is 2. The van der Waals surface area contributed by atoms with E-state index in [2.05, 4.69) is 41.2 Å². The lowest BCUT2D eigenvalue weighted by Crippen LogP contribution is -2.49. The summed E-state index contributed by atoms with van der Waals surface area (Å²) in [4.78, 5) is 22.3. The molecule has 0 saturated carbocycles. The molecule has 4 aromatic carbocycles. The minimum Gasteiger partial charge on any atom is -0.508 e. The minimum absolute atomic E-state index is 0.00893. The highest BCUT2D eigenvalue weighted by atomic mass is 16.6. The number of methoxy groups -OCH3 is 4. The third kappa shape index (κ3) is 7.90. The topological polar surface area (TPSA) is 149 Å². The van der Waals surface area contributed by atoms with Crippen LogP contribution in [-0.2, 0) is 6.54 Å².